The summed E-state index contributed by atoms with van der Waals surface area (Å²) >= 11 is 11.7. The summed E-state index contributed by atoms with van der Waals surface area (Å²) in [5.41, 5.74) is 2.65. The molecule has 2 aliphatic heterocycles. The van der Waals surface area contributed by atoms with Gasteiger partial charge < -0.3 is 0 Å². The second-order valence-corrected chi connectivity index (χ2v) is 7.63. The standard InChI is InChI=1S/C20H14Cl2N2O4/c21-15-9-17(25)23(19(15)27)13-5-1-11(2-6-13)12-3-7-14(8-4-12)24-18(26)10-16(22)20(24)28/h1-8,15-16H,9-10H2. The van der Waals surface area contributed by atoms with Crippen LogP contribution in [0.4, 0.5) is 11.4 Å². The van der Waals surface area contributed by atoms with Crippen molar-refractivity contribution in [2.24, 2.45) is 0 Å². The van der Waals surface area contributed by atoms with Gasteiger partial charge in [0.15, 0.2) is 0 Å². The molecule has 2 saturated heterocycles. The maximum atomic E-state index is 12.0. The summed E-state index contributed by atoms with van der Waals surface area (Å²) in [6.45, 7) is 0. The number of rotatable bonds is 3. The van der Waals surface area contributed by atoms with Crippen molar-refractivity contribution in [1.82, 2.24) is 0 Å². The molecule has 28 heavy (non-hydrogen) atoms. The normalized spacial score (nSPS) is 22.5. The number of halogens is 2. The van der Waals surface area contributed by atoms with Crippen LogP contribution in [0.15, 0.2) is 48.5 Å². The highest BCUT2D eigenvalue weighted by molar-refractivity contribution is 6.41. The Morgan fingerprint density at radius 1 is 0.607 bits per heavy atom. The van der Waals surface area contributed by atoms with Gasteiger partial charge in [-0.05, 0) is 35.4 Å². The van der Waals surface area contributed by atoms with E-state index < -0.39 is 22.6 Å². The molecule has 2 heterocycles. The number of hydrogen-bond donors (Lipinski definition) is 0. The van der Waals surface area contributed by atoms with Gasteiger partial charge in [-0.1, -0.05) is 24.3 Å². The van der Waals surface area contributed by atoms with Crippen LogP contribution in [0.1, 0.15) is 12.8 Å². The summed E-state index contributed by atoms with van der Waals surface area (Å²) < 4.78 is 0. The Labute approximate surface area is 170 Å². The number of amides is 4. The largest absolute Gasteiger partial charge is 0.274 e. The zero-order chi connectivity index (χ0) is 20.0. The summed E-state index contributed by atoms with van der Waals surface area (Å²) in [7, 11) is 0. The minimum absolute atomic E-state index is 0.000697. The Morgan fingerprint density at radius 3 is 1.18 bits per heavy atom. The quantitative estimate of drug-likeness (QED) is 0.568. The predicted octanol–water partition coefficient (Wildman–Crippen LogP) is 3.10. The number of alkyl halides is 2. The van der Waals surface area contributed by atoms with Gasteiger partial charge in [0, 0.05) is 0 Å². The summed E-state index contributed by atoms with van der Waals surface area (Å²) in [5, 5.41) is -1.63. The van der Waals surface area contributed by atoms with Crippen LogP contribution in [0.5, 0.6) is 0 Å². The Kier molecular flexibility index (Phi) is 4.69. The minimum atomic E-state index is -0.816. The molecule has 4 amide bonds. The molecule has 0 bridgehead atoms. The summed E-state index contributed by atoms with van der Waals surface area (Å²) in [4.78, 5) is 50.1. The molecule has 0 N–H and O–H groups in total. The Morgan fingerprint density at radius 2 is 0.929 bits per heavy atom. The molecule has 4 rings (SSSR count). The molecule has 0 spiro atoms. The lowest BCUT2D eigenvalue weighted by Crippen LogP contribution is -2.30. The van der Waals surface area contributed by atoms with Crippen molar-refractivity contribution in [2.75, 3.05) is 9.80 Å². The van der Waals surface area contributed by atoms with Crippen LogP contribution in [-0.4, -0.2) is 34.4 Å². The number of imide groups is 2. The van der Waals surface area contributed by atoms with Crippen molar-refractivity contribution in [3.8, 4) is 11.1 Å². The second-order valence-electron chi connectivity index (χ2n) is 6.57. The number of carbonyl (C=O) groups is 4. The molecule has 0 radical (unpaired) electrons. The number of carbonyl (C=O) groups excluding carboxylic acids is 4. The molecule has 6 nitrogen and oxygen atoms in total. The van der Waals surface area contributed by atoms with Gasteiger partial charge in [-0.3, -0.25) is 19.2 Å². The molecular formula is C20H14Cl2N2O4. The first-order chi connectivity index (χ1) is 13.4. The second kappa shape index (κ2) is 7.04. The van der Waals surface area contributed by atoms with Crippen LogP contribution >= 0.6 is 23.2 Å². The highest BCUT2D eigenvalue weighted by atomic mass is 35.5. The lowest BCUT2D eigenvalue weighted by Gasteiger charge is -2.16. The van der Waals surface area contributed by atoms with Crippen LogP contribution in [0, 0.1) is 0 Å². The van der Waals surface area contributed by atoms with E-state index in [1.54, 1.807) is 48.5 Å². The van der Waals surface area contributed by atoms with Gasteiger partial charge >= 0.3 is 0 Å². The van der Waals surface area contributed by atoms with Crippen LogP contribution in [0.2, 0.25) is 0 Å². The van der Waals surface area contributed by atoms with E-state index in [-0.39, 0.29) is 24.7 Å². The average Bonchev–Trinajstić information content (AvgIpc) is 3.09. The van der Waals surface area contributed by atoms with Gasteiger partial charge in [-0.2, -0.15) is 0 Å². The lowest BCUT2D eigenvalue weighted by atomic mass is 10.0. The van der Waals surface area contributed by atoms with E-state index in [1.807, 2.05) is 0 Å². The van der Waals surface area contributed by atoms with E-state index in [2.05, 4.69) is 0 Å². The van der Waals surface area contributed by atoms with Crippen LogP contribution in [0.25, 0.3) is 11.1 Å². The van der Waals surface area contributed by atoms with E-state index in [0.717, 1.165) is 20.9 Å². The molecule has 0 saturated carbocycles. The molecule has 0 aliphatic carbocycles. The molecule has 142 valence electrons. The fourth-order valence-corrected chi connectivity index (χ4v) is 3.80. The van der Waals surface area contributed by atoms with Gasteiger partial charge in [0.1, 0.15) is 10.8 Å². The van der Waals surface area contributed by atoms with Crippen molar-refractivity contribution < 1.29 is 19.2 Å². The van der Waals surface area contributed by atoms with Crippen LogP contribution < -0.4 is 9.80 Å². The molecule has 2 aromatic rings. The maximum Gasteiger partial charge on any atom is 0.252 e. The third-order valence-corrected chi connectivity index (χ3v) is 5.45. The fourth-order valence-electron chi connectivity index (χ4n) is 3.34. The predicted molar refractivity (Wildman–Crippen MR) is 105 cm³/mol. The van der Waals surface area contributed by atoms with Crippen LogP contribution in [0.3, 0.4) is 0 Å². The monoisotopic (exact) mass is 416 g/mol. The molecule has 2 aromatic carbocycles. The number of benzene rings is 2. The van der Waals surface area contributed by atoms with Gasteiger partial charge in [-0.25, -0.2) is 9.80 Å². The molecule has 2 fully saturated rings. The molecule has 2 aliphatic rings. The maximum absolute atomic E-state index is 12.0. The molecule has 2 unspecified atom stereocenters. The highest BCUT2D eigenvalue weighted by Crippen LogP contribution is 2.31. The summed E-state index contributed by atoms with van der Waals surface area (Å²) in [5.74, 6) is -1.47. The highest BCUT2D eigenvalue weighted by Gasteiger charge is 2.39. The van der Waals surface area contributed by atoms with Gasteiger partial charge in [-0.15, -0.1) is 23.2 Å². The summed E-state index contributed by atoms with van der Waals surface area (Å²) in [6.07, 6.45) is 0.00139. The minimum Gasteiger partial charge on any atom is -0.274 e. The first-order valence-corrected chi connectivity index (χ1v) is 9.46. The third kappa shape index (κ3) is 3.08. The lowest BCUT2D eigenvalue weighted by molar-refractivity contribution is -0.122. The van der Waals surface area contributed by atoms with Crippen LogP contribution in [-0.2, 0) is 19.2 Å². The topological polar surface area (TPSA) is 74.8 Å². The van der Waals surface area contributed by atoms with Gasteiger partial charge in [0.25, 0.3) is 11.8 Å². The number of nitrogens with zero attached hydrogens (tertiary/aromatic N) is 2. The van der Waals surface area contributed by atoms with E-state index in [4.69, 9.17) is 23.2 Å². The average molecular weight is 417 g/mol. The van der Waals surface area contributed by atoms with Gasteiger partial charge in [0.2, 0.25) is 11.8 Å². The van der Waals surface area contributed by atoms with E-state index in [0.29, 0.717) is 11.4 Å². The molecule has 0 aromatic heterocycles. The third-order valence-electron chi connectivity index (χ3n) is 4.77. The first-order valence-electron chi connectivity index (χ1n) is 8.59. The fraction of sp³-hybridized carbons (Fsp3) is 0.200. The van der Waals surface area contributed by atoms with E-state index >= 15 is 0 Å². The number of anilines is 2. The van der Waals surface area contributed by atoms with E-state index in [1.165, 1.54) is 0 Å². The van der Waals surface area contributed by atoms with Crippen molar-refractivity contribution in [3.05, 3.63) is 48.5 Å². The zero-order valence-corrected chi connectivity index (χ0v) is 16.0. The van der Waals surface area contributed by atoms with Crippen molar-refractivity contribution in [2.45, 2.75) is 23.6 Å². The smallest absolute Gasteiger partial charge is 0.252 e. The Hall–Kier alpha value is -2.70. The number of hydrogen-bond acceptors (Lipinski definition) is 4. The Bertz CT molecular complexity index is 907. The van der Waals surface area contributed by atoms with Crippen molar-refractivity contribution in [3.63, 3.8) is 0 Å². The first kappa shape index (κ1) is 18.7. The molecular weight excluding hydrogens is 403 g/mol. The Balaban J connectivity index is 1.56. The summed E-state index contributed by atoms with van der Waals surface area (Å²) in [6, 6.07) is 13.9. The molecule has 2 atom stereocenters. The van der Waals surface area contributed by atoms with Gasteiger partial charge in [0.05, 0.1) is 24.2 Å². The van der Waals surface area contributed by atoms with Crippen molar-refractivity contribution in [1.29, 1.82) is 0 Å². The van der Waals surface area contributed by atoms with E-state index in [9.17, 15) is 19.2 Å². The molecule has 8 heteroatoms. The van der Waals surface area contributed by atoms with Crippen molar-refractivity contribution >= 4 is 58.2 Å². The SMILES string of the molecule is O=C1CC(Cl)C(=O)N1c1ccc(-c2ccc(N3C(=O)CC(Cl)C3=O)cc2)cc1. The zero-order valence-electron chi connectivity index (χ0n) is 14.5.